The third-order valence-electron chi connectivity index (χ3n) is 6.08. The highest BCUT2D eigenvalue weighted by Gasteiger charge is 2.39. The van der Waals surface area contributed by atoms with E-state index in [1.807, 2.05) is 11.0 Å². The number of phenols is 1. The van der Waals surface area contributed by atoms with E-state index < -0.39 is 5.60 Å². The summed E-state index contributed by atoms with van der Waals surface area (Å²) in [6.45, 7) is 9.69. The second-order valence-electron chi connectivity index (χ2n) is 8.51. The van der Waals surface area contributed by atoms with Gasteiger partial charge in [-0.1, -0.05) is 38.3 Å². The van der Waals surface area contributed by atoms with E-state index in [0.717, 1.165) is 35.3 Å². The highest BCUT2D eigenvalue weighted by Crippen LogP contribution is 2.49. The van der Waals surface area contributed by atoms with Gasteiger partial charge in [-0.3, -0.25) is 0 Å². The molecular weight excluding hydrogens is 354 g/mol. The van der Waals surface area contributed by atoms with Crippen molar-refractivity contribution in [1.82, 2.24) is 4.90 Å². The third kappa shape index (κ3) is 3.77. The molecule has 0 saturated heterocycles. The van der Waals surface area contributed by atoms with Crippen molar-refractivity contribution in [3.63, 3.8) is 0 Å². The lowest BCUT2D eigenvalue weighted by Gasteiger charge is -2.42. The summed E-state index contributed by atoms with van der Waals surface area (Å²) in [6, 6.07) is 3.96. The molecule has 1 atom stereocenters. The maximum absolute atomic E-state index is 10.9. The van der Waals surface area contributed by atoms with Crippen LogP contribution in [0.15, 0.2) is 22.9 Å². The molecule has 0 bridgehead atoms. The molecule has 0 saturated carbocycles. The molecule has 0 aromatic heterocycles. The largest absolute Gasteiger partial charge is 0.507 e. The Morgan fingerprint density at radius 3 is 2.79 bits per heavy atom. The average Bonchev–Trinajstić information content (AvgIpc) is 2.66. The van der Waals surface area contributed by atoms with Crippen molar-refractivity contribution < 1.29 is 15.1 Å². The SMILES string of the molecule is CCCCCC(C)c1cc(O)c2c(c1)OC(C)(C)C1=C2CN(C(N)=NO)CC1. The minimum atomic E-state index is -0.448. The van der Waals surface area contributed by atoms with Crippen LogP contribution in [-0.4, -0.2) is 39.9 Å². The first-order valence-electron chi connectivity index (χ1n) is 10.3. The van der Waals surface area contributed by atoms with E-state index in [9.17, 15) is 5.11 Å². The summed E-state index contributed by atoms with van der Waals surface area (Å²) in [7, 11) is 0. The van der Waals surface area contributed by atoms with Crippen LogP contribution in [0, 0.1) is 0 Å². The molecule has 0 spiro atoms. The Bertz CT molecular complexity index is 798. The molecule has 6 nitrogen and oxygen atoms in total. The number of hydrogen-bond donors (Lipinski definition) is 3. The van der Waals surface area contributed by atoms with Crippen molar-refractivity contribution in [3.05, 3.63) is 28.8 Å². The van der Waals surface area contributed by atoms with Gasteiger partial charge in [0.05, 0.1) is 5.56 Å². The number of nitrogens with zero attached hydrogens (tertiary/aromatic N) is 2. The lowest BCUT2D eigenvalue weighted by molar-refractivity contribution is 0.134. The van der Waals surface area contributed by atoms with Crippen LogP contribution in [0.5, 0.6) is 11.5 Å². The zero-order chi connectivity index (χ0) is 20.5. The van der Waals surface area contributed by atoms with Gasteiger partial charge in [0, 0.05) is 13.1 Å². The number of fused-ring (bicyclic) bond motifs is 2. The summed E-state index contributed by atoms with van der Waals surface area (Å²) in [5.74, 6) is 1.43. The highest BCUT2D eigenvalue weighted by atomic mass is 16.5. The number of benzene rings is 1. The molecule has 1 unspecified atom stereocenters. The fraction of sp³-hybridized carbons (Fsp3) is 0.591. The van der Waals surface area contributed by atoms with Gasteiger partial charge in [-0.25, -0.2) is 0 Å². The molecule has 28 heavy (non-hydrogen) atoms. The van der Waals surface area contributed by atoms with Crippen LogP contribution in [-0.2, 0) is 0 Å². The molecule has 2 aliphatic heterocycles. The molecule has 2 heterocycles. The zero-order valence-corrected chi connectivity index (χ0v) is 17.5. The van der Waals surface area contributed by atoms with E-state index in [4.69, 9.17) is 15.7 Å². The molecule has 0 fully saturated rings. The number of rotatable bonds is 5. The van der Waals surface area contributed by atoms with Crippen molar-refractivity contribution in [2.24, 2.45) is 10.9 Å². The molecule has 0 amide bonds. The summed E-state index contributed by atoms with van der Waals surface area (Å²) in [4.78, 5) is 1.82. The monoisotopic (exact) mass is 387 g/mol. The second-order valence-corrected chi connectivity index (χ2v) is 8.51. The normalized spacial score (nSPS) is 19.7. The van der Waals surface area contributed by atoms with Crippen molar-refractivity contribution in [1.29, 1.82) is 0 Å². The predicted octanol–water partition coefficient (Wildman–Crippen LogP) is 4.41. The number of oxime groups is 1. The van der Waals surface area contributed by atoms with Crippen LogP contribution in [0.1, 0.15) is 76.8 Å². The van der Waals surface area contributed by atoms with Crippen LogP contribution in [0.4, 0.5) is 0 Å². The van der Waals surface area contributed by atoms with Crippen molar-refractivity contribution in [3.8, 4) is 11.5 Å². The Balaban J connectivity index is 1.98. The van der Waals surface area contributed by atoms with Crippen LogP contribution < -0.4 is 10.5 Å². The minimum absolute atomic E-state index is 0.0954. The van der Waals surface area contributed by atoms with E-state index in [1.54, 1.807) is 0 Å². The van der Waals surface area contributed by atoms with E-state index in [0.29, 0.717) is 19.0 Å². The van der Waals surface area contributed by atoms with Crippen LogP contribution in [0.2, 0.25) is 0 Å². The van der Waals surface area contributed by atoms with Gasteiger partial charge in [0.1, 0.15) is 17.1 Å². The van der Waals surface area contributed by atoms with Gasteiger partial charge in [0.25, 0.3) is 0 Å². The van der Waals surface area contributed by atoms with Gasteiger partial charge >= 0.3 is 0 Å². The third-order valence-corrected chi connectivity index (χ3v) is 6.08. The predicted molar refractivity (Wildman–Crippen MR) is 112 cm³/mol. The molecule has 154 valence electrons. The van der Waals surface area contributed by atoms with Gasteiger partial charge < -0.3 is 25.7 Å². The molecule has 3 rings (SSSR count). The lowest BCUT2D eigenvalue weighted by atomic mass is 9.80. The number of unbranched alkanes of at least 4 members (excludes halogenated alkanes) is 2. The highest BCUT2D eigenvalue weighted by molar-refractivity contribution is 5.86. The molecule has 0 aliphatic carbocycles. The summed E-state index contributed by atoms with van der Waals surface area (Å²) < 4.78 is 6.36. The average molecular weight is 388 g/mol. The number of guanidine groups is 1. The number of ether oxygens (including phenoxy) is 1. The fourth-order valence-corrected chi connectivity index (χ4v) is 4.41. The summed E-state index contributed by atoms with van der Waals surface area (Å²) in [5, 5.41) is 23.1. The van der Waals surface area contributed by atoms with Gasteiger partial charge in [-0.2, -0.15) is 0 Å². The van der Waals surface area contributed by atoms with Crippen molar-refractivity contribution in [2.75, 3.05) is 13.1 Å². The smallest absolute Gasteiger partial charge is 0.233 e. The molecule has 0 radical (unpaired) electrons. The molecule has 1 aromatic rings. The minimum Gasteiger partial charge on any atom is -0.507 e. The van der Waals surface area contributed by atoms with E-state index in [-0.39, 0.29) is 11.7 Å². The molecule has 6 heteroatoms. The van der Waals surface area contributed by atoms with Gasteiger partial charge in [0.15, 0.2) is 0 Å². The Morgan fingerprint density at radius 1 is 1.36 bits per heavy atom. The summed E-state index contributed by atoms with van der Waals surface area (Å²) in [6.07, 6.45) is 5.46. The zero-order valence-electron chi connectivity index (χ0n) is 17.5. The van der Waals surface area contributed by atoms with Crippen LogP contribution in [0.25, 0.3) is 5.57 Å². The number of nitrogens with two attached hydrogens (primary N) is 1. The Kier molecular flexibility index (Phi) is 5.77. The first-order valence-corrected chi connectivity index (χ1v) is 10.3. The van der Waals surface area contributed by atoms with Crippen LogP contribution in [0.3, 0.4) is 0 Å². The van der Waals surface area contributed by atoms with E-state index in [1.165, 1.54) is 24.8 Å². The summed E-state index contributed by atoms with van der Waals surface area (Å²) >= 11 is 0. The van der Waals surface area contributed by atoms with Crippen molar-refractivity contribution >= 4 is 11.5 Å². The topological polar surface area (TPSA) is 91.3 Å². The fourth-order valence-electron chi connectivity index (χ4n) is 4.41. The molecular formula is C22H33N3O3. The Labute approximate surface area is 167 Å². The quantitative estimate of drug-likeness (QED) is 0.229. The first-order chi connectivity index (χ1) is 13.3. The molecule has 1 aromatic carbocycles. The standard InChI is InChI=1S/C22H33N3O3/c1-5-6-7-8-14(2)15-11-18(26)20-16-13-25(21(23)24-27)10-9-17(16)22(3,4)28-19(20)12-15/h11-12,14,26-27H,5-10,13H2,1-4H3,(H2,23,24). The molecule has 4 N–H and O–H groups in total. The van der Waals surface area contributed by atoms with Crippen LogP contribution >= 0.6 is 0 Å². The maximum Gasteiger partial charge on any atom is 0.233 e. The lowest BCUT2D eigenvalue weighted by Crippen LogP contribution is -2.46. The Hall–Kier alpha value is -2.37. The van der Waals surface area contributed by atoms with E-state index >= 15 is 0 Å². The van der Waals surface area contributed by atoms with E-state index in [2.05, 4.69) is 38.9 Å². The van der Waals surface area contributed by atoms with Gasteiger partial charge in [0.2, 0.25) is 5.96 Å². The summed E-state index contributed by atoms with van der Waals surface area (Å²) in [5.41, 5.74) is 9.42. The number of aromatic hydroxyl groups is 1. The molecule has 2 aliphatic rings. The second kappa shape index (κ2) is 7.94. The van der Waals surface area contributed by atoms with Gasteiger partial charge in [-0.15, -0.1) is 0 Å². The first kappa shape index (κ1) is 20.4. The number of phenolic OH excluding ortho intramolecular Hbond substituents is 1. The number of hydrogen-bond acceptors (Lipinski definition) is 4. The van der Waals surface area contributed by atoms with Crippen molar-refractivity contribution in [2.45, 2.75) is 71.3 Å². The maximum atomic E-state index is 10.9. The Morgan fingerprint density at radius 2 is 2.11 bits per heavy atom. The van der Waals surface area contributed by atoms with Gasteiger partial charge in [-0.05, 0) is 61.4 Å².